The molecule has 15 heavy (non-hydrogen) atoms. The number of carbonyl (C=O) groups is 1. The zero-order valence-electron chi connectivity index (χ0n) is 9.20. The molecule has 0 aromatic carbocycles. The van der Waals surface area contributed by atoms with Crippen molar-refractivity contribution in [2.45, 2.75) is 32.6 Å². The van der Waals surface area contributed by atoms with E-state index in [0.717, 1.165) is 30.4 Å². The van der Waals surface area contributed by atoms with Crippen LogP contribution >= 0.6 is 0 Å². The Hall–Kier alpha value is -1.22. The first kappa shape index (κ1) is 11.9. The Kier molecular flexibility index (Phi) is 4.98. The highest BCUT2D eigenvalue weighted by molar-refractivity contribution is 5.95. The second-order valence-corrected chi connectivity index (χ2v) is 3.77. The molecule has 0 aliphatic heterocycles. The van der Waals surface area contributed by atoms with Crippen LogP contribution in [-0.2, 0) is 0 Å². The van der Waals surface area contributed by atoms with Gasteiger partial charge in [0, 0.05) is 24.4 Å². The molecule has 1 aromatic heterocycles. The normalized spacial score (nSPS) is 10.3. The Labute approximate surface area is 90.7 Å². The van der Waals surface area contributed by atoms with Crippen molar-refractivity contribution in [3.05, 3.63) is 29.6 Å². The predicted molar refractivity (Wildman–Crippen MR) is 60.8 cm³/mol. The fraction of sp³-hybridized carbons (Fsp3) is 0.500. The van der Waals surface area contributed by atoms with Crippen molar-refractivity contribution in [3.63, 3.8) is 0 Å². The Morgan fingerprint density at radius 3 is 2.80 bits per heavy atom. The van der Waals surface area contributed by atoms with Crippen LogP contribution in [0.3, 0.4) is 0 Å². The zero-order chi connectivity index (χ0) is 11.1. The summed E-state index contributed by atoms with van der Waals surface area (Å²) in [6, 6.07) is 1.89. The van der Waals surface area contributed by atoms with Gasteiger partial charge in [-0.1, -0.05) is 6.42 Å². The molecule has 0 aliphatic carbocycles. The molecule has 0 spiro atoms. The number of aromatic nitrogens is 1. The van der Waals surface area contributed by atoms with Gasteiger partial charge in [0.05, 0.1) is 0 Å². The van der Waals surface area contributed by atoms with Crippen LogP contribution in [0.25, 0.3) is 0 Å². The third kappa shape index (κ3) is 4.21. The average molecular weight is 206 g/mol. The van der Waals surface area contributed by atoms with E-state index < -0.39 is 0 Å². The second-order valence-electron chi connectivity index (χ2n) is 3.77. The van der Waals surface area contributed by atoms with Crippen LogP contribution in [-0.4, -0.2) is 17.3 Å². The van der Waals surface area contributed by atoms with Crippen molar-refractivity contribution in [2.24, 2.45) is 5.73 Å². The lowest BCUT2D eigenvalue weighted by Gasteiger charge is -2.01. The van der Waals surface area contributed by atoms with Gasteiger partial charge in [-0.05, 0) is 37.9 Å². The summed E-state index contributed by atoms with van der Waals surface area (Å²) in [6.07, 6.45) is 6.94. The fourth-order valence-corrected chi connectivity index (χ4v) is 1.46. The highest BCUT2D eigenvalue weighted by Gasteiger charge is 2.05. The van der Waals surface area contributed by atoms with Gasteiger partial charge in [0.15, 0.2) is 5.78 Å². The number of Topliss-reactive ketones (excluding diaryl/α,β-unsaturated/α-hetero) is 1. The number of hydrogen-bond donors (Lipinski definition) is 1. The quantitative estimate of drug-likeness (QED) is 0.572. The van der Waals surface area contributed by atoms with E-state index in [1.165, 1.54) is 0 Å². The van der Waals surface area contributed by atoms with Crippen molar-refractivity contribution in [3.8, 4) is 0 Å². The molecule has 0 unspecified atom stereocenters. The van der Waals surface area contributed by atoms with Crippen molar-refractivity contribution in [1.82, 2.24) is 4.98 Å². The van der Waals surface area contributed by atoms with Crippen LogP contribution < -0.4 is 5.73 Å². The van der Waals surface area contributed by atoms with Gasteiger partial charge in [-0.2, -0.15) is 0 Å². The van der Waals surface area contributed by atoms with Gasteiger partial charge in [0.25, 0.3) is 0 Å². The van der Waals surface area contributed by atoms with Crippen LogP contribution in [0.15, 0.2) is 18.5 Å². The number of pyridine rings is 1. The summed E-state index contributed by atoms with van der Waals surface area (Å²) in [5, 5.41) is 0. The Balaban J connectivity index is 2.40. The van der Waals surface area contributed by atoms with E-state index in [1.807, 2.05) is 13.0 Å². The van der Waals surface area contributed by atoms with Crippen LogP contribution in [0.4, 0.5) is 0 Å². The van der Waals surface area contributed by atoms with E-state index in [0.29, 0.717) is 13.0 Å². The topological polar surface area (TPSA) is 56.0 Å². The minimum Gasteiger partial charge on any atom is -0.330 e. The van der Waals surface area contributed by atoms with Gasteiger partial charge in [-0.3, -0.25) is 9.78 Å². The first-order valence-corrected chi connectivity index (χ1v) is 5.39. The number of carbonyl (C=O) groups excluding carboxylic acids is 1. The van der Waals surface area contributed by atoms with Crippen LogP contribution in [0.2, 0.25) is 0 Å². The Morgan fingerprint density at radius 2 is 2.13 bits per heavy atom. The molecule has 2 N–H and O–H groups in total. The number of nitrogens with two attached hydrogens (primary N) is 1. The first-order chi connectivity index (χ1) is 7.24. The largest absolute Gasteiger partial charge is 0.330 e. The van der Waals surface area contributed by atoms with Gasteiger partial charge in [-0.15, -0.1) is 0 Å². The predicted octanol–water partition coefficient (Wildman–Crippen LogP) is 2.09. The number of nitrogens with zero attached hydrogens (tertiary/aromatic N) is 1. The van der Waals surface area contributed by atoms with Crippen LogP contribution in [0, 0.1) is 6.92 Å². The molecule has 0 amide bonds. The summed E-state index contributed by atoms with van der Waals surface area (Å²) in [4.78, 5) is 15.7. The molecule has 0 saturated heterocycles. The highest BCUT2D eigenvalue weighted by Crippen LogP contribution is 2.08. The smallest absolute Gasteiger partial charge is 0.164 e. The second kappa shape index (κ2) is 6.30. The maximum Gasteiger partial charge on any atom is 0.164 e. The molecule has 3 nitrogen and oxygen atoms in total. The third-order valence-corrected chi connectivity index (χ3v) is 2.30. The summed E-state index contributed by atoms with van der Waals surface area (Å²) in [6.45, 7) is 2.65. The molecule has 0 saturated carbocycles. The number of ketones is 1. The zero-order valence-corrected chi connectivity index (χ0v) is 9.20. The molecule has 0 fully saturated rings. The molecule has 0 bridgehead atoms. The molecule has 0 aliphatic rings. The van der Waals surface area contributed by atoms with E-state index in [4.69, 9.17) is 5.73 Å². The van der Waals surface area contributed by atoms with Crippen molar-refractivity contribution < 1.29 is 4.79 Å². The standard InChI is InChI=1S/C12H18N2O/c1-10-7-11(9-14-8-10)12(15)5-3-2-4-6-13/h7-9H,2-6,13H2,1H3. The average Bonchev–Trinajstić information content (AvgIpc) is 2.24. The molecule has 0 atom stereocenters. The maximum atomic E-state index is 11.7. The summed E-state index contributed by atoms with van der Waals surface area (Å²) in [7, 11) is 0. The van der Waals surface area contributed by atoms with E-state index in [2.05, 4.69) is 4.98 Å². The maximum absolute atomic E-state index is 11.7. The summed E-state index contributed by atoms with van der Waals surface area (Å²) >= 11 is 0. The first-order valence-electron chi connectivity index (χ1n) is 5.39. The van der Waals surface area contributed by atoms with Gasteiger partial charge in [0.1, 0.15) is 0 Å². The minimum atomic E-state index is 0.184. The molecule has 82 valence electrons. The molecule has 0 radical (unpaired) electrons. The SMILES string of the molecule is Cc1cncc(C(=O)CCCCCN)c1. The Bertz CT molecular complexity index is 323. The number of aryl methyl sites for hydroxylation is 1. The van der Waals surface area contributed by atoms with Crippen molar-refractivity contribution in [2.75, 3.05) is 6.54 Å². The molecule has 3 heteroatoms. The van der Waals surface area contributed by atoms with E-state index in [-0.39, 0.29) is 5.78 Å². The van der Waals surface area contributed by atoms with Gasteiger partial charge in [-0.25, -0.2) is 0 Å². The monoisotopic (exact) mass is 206 g/mol. The lowest BCUT2D eigenvalue weighted by atomic mass is 10.1. The lowest BCUT2D eigenvalue weighted by molar-refractivity contribution is 0.0979. The van der Waals surface area contributed by atoms with Gasteiger partial charge in [0.2, 0.25) is 0 Å². The van der Waals surface area contributed by atoms with Crippen molar-refractivity contribution >= 4 is 5.78 Å². The molecule has 1 rings (SSSR count). The summed E-state index contributed by atoms with van der Waals surface area (Å²) < 4.78 is 0. The van der Waals surface area contributed by atoms with Crippen LogP contribution in [0.5, 0.6) is 0 Å². The van der Waals surface area contributed by atoms with E-state index in [9.17, 15) is 4.79 Å². The molecular formula is C12H18N2O. The molecular weight excluding hydrogens is 188 g/mol. The lowest BCUT2D eigenvalue weighted by Crippen LogP contribution is -2.02. The number of unbranched alkanes of at least 4 members (excludes halogenated alkanes) is 2. The Morgan fingerprint density at radius 1 is 1.33 bits per heavy atom. The molecule has 1 heterocycles. The van der Waals surface area contributed by atoms with Gasteiger partial charge >= 0.3 is 0 Å². The van der Waals surface area contributed by atoms with Crippen LogP contribution in [0.1, 0.15) is 41.6 Å². The van der Waals surface area contributed by atoms with E-state index in [1.54, 1.807) is 12.4 Å². The summed E-state index contributed by atoms with van der Waals surface area (Å²) in [5.74, 6) is 0.184. The molecule has 1 aromatic rings. The third-order valence-electron chi connectivity index (χ3n) is 2.30. The highest BCUT2D eigenvalue weighted by atomic mass is 16.1. The van der Waals surface area contributed by atoms with Crippen molar-refractivity contribution in [1.29, 1.82) is 0 Å². The number of rotatable bonds is 6. The number of hydrogen-bond acceptors (Lipinski definition) is 3. The fourth-order valence-electron chi connectivity index (χ4n) is 1.46. The van der Waals surface area contributed by atoms with Gasteiger partial charge < -0.3 is 5.73 Å². The minimum absolute atomic E-state index is 0.184. The van der Waals surface area contributed by atoms with E-state index >= 15 is 0 Å². The summed E-state index contributed by atoms with van der Waals surface area (Å²) in [5.41, 5.74) is 7.14.